The van der Waals surface area contributed by atoms with Crippen molar-refractivity contribution in [3.63, 3.8) is 0 Å². The number of nitrogens with zero attached hydrogens (tertiary/aromatic N) is 5. The Labute approximate surface area is 226 Å². The van der Waals surface area contributed by atoms with Gasteiger partial charge in [-0.05, 0) is 50.5 Å². The second kappa shape index (κ2) is 11.1. The molecule has 0 bridgehead atoms. The van der Waals surface area contributed by atoms with E-state index in [-0.39, 0.29) is 23.3 Å². The fourth-order valence-corrected chi connectivity index (χ4v) is 5.42. The summed E-state index contributed by atoms with van der Waals surface area (Å²) in [6, 6.07) is 3.96. The fourth-order valence-electron chi connectivity index (χ4n) is 5.42. The van der Waals surface area contributed by atoms with Crippen LogP contribution in [0, 0.1) is 11.7 Å². The van der Waals surface area contributed by atoms with Crippen molar-refractivity contribution in [1.29, 1.82) is 0 Å². The number of fused-ring (bicyclic) bond motifs is 1. The number of rotatable bonds is 8. The maximum absolute atomic E-state index is 14.1. The van der Waals surface area contributed by atoms with Crippen LogP contribution in [0.15, 0.2) is 30.7 Å². The van der Waals surface area contributed by atoms with E-state index < -0.39 is 11.7 Å². The van der Waals surface area contributed by atoms with Crippen LogP contribution in [0.3, 0.4) is 0 Å². The highest BCUT2D eigenvalue weighted by atomic mass is 19.1. The fraction of sp³-hybridized carbons (Fsp3) is 0.519. The molecule has 1 aliphatic heterocycles. The molecule has 3 aromatic heterocycles. The molecule has 39 heavy (non-hydrogen) atoms. The molecule has 0 unspecified atom stereocenters. The lowest BCUT2D eigenvalue weighted by Gasteiger charge is -2.32. The summed E-state index contributed by atoms with van der Waals surface area (Å²) in [5.74, 6) is 0.201. The van der Waals surface area contributed by atoms with Gasteiger partial charge in [0.1, 0.15) is 5.82 Å². The molecule has 11 nitrogen and oxygen atoms in total. The molecule has 0 atom stereocenters. The summed E-state index contributed by atoms with van der Waals surface area (Å²) >= 11 is 0. The average Bonchev–Trinajstić information content (AvgIpc) is 3.66. The SMILES string of the molecule is O=C(Nc1ccncc1F)c1cnc2c(NC3CC3)cc(NC3CCC(CC(=O)N4CCNCC4)CC3)nn12. The van der Waals surface area contributed by atoms with Crippen LogP contribution in [0.25, 0.3) is 5.65 Å². The second-order valence-corrected chi connectivity index (χ2v) is 10.7. The third-order valence-corrected chi connectivity index (χ3v) is 7.79. The summed E-state index contributed by atoms with van der Waals surface area (Å²) < 4.78 is 15.6. The monoisotopic (exact) mass is 535 g/mol. The van der Waals surface area contributed by atoms with Gasteiger partial charge < -0.3 is 26.2 Å². The Morgan fingerprint density at radius 2 is 1.74 bits per heavy atom. The summed E-state index contributed by atoms with van der Waals surface area (Å²) in [4.78, 5) is 35.9. The van der Waals surface area contributed by atoms with Crippen LogP contribution < -0.4 is 21.3 Å². The molecule has 0 spiro atoms. The van der Waals surface area contributed by atoms with Gasteiger partial charge in [-0.1, -0.05) is 0 Å². The number of hydrogen-bond donors (Lipinski definition) is 4. The summed E-state index contributed by atoms with van der Waals surface area (Å²) in [7, 11) is 0. The van der Waals surface area contributed by atoms with Gasteiger partial charge in [0.05, 0.1) is 23.8 Å². The van der Waals surface area contributed by atoms with Crippen molar-refractivity contribution in [1.82, 2.24) is 29.8 Å². The first-order valence-corrected chi connectivity index (χ1v) is 13.8. The number of carbonyl (C=O) groups is 2. The zero-order valence-electron chi connectivity index (χ0n) is 21.8. The van der Waals surface area contributed by atoms with Crippen molar-refractivity contribution in [2.75, 3.05) is 42.1 Å². The van der Waals surface area contributed by atoms with Crippen LogP contribution in [0.1, 0.15) is 55.4 Å². The van der Waals surface area contributed by atoms with Crippen molar-refractivity contribution in [3.05, 3.63) is 42.2 Å². The Bertz CT molecular complexity index is 1340. The first kappa shape index (κ1) is 25.5. The third kappa shape index (κ3) is 5.95. The van der Waals surface area contributed by atoms with Gasteiger partial charge in [0, 0.05) is 56.9 Å². The Balaban J connectivity index is 1.14. The summed E-state index contributed by atoms with van der Waals surface area (Å²) in [5.41, 5.74) is 1.60. The summed E-state index contributed by atoms with van der Waals surface area (Å²) in [6.07, 6.45) is 10.6. The van der Waals surface area contributed by atoms with E-state index in [4.69, 9.17) is 5.10 Å². The number of carbonyl (C=O) groups excluding carboxylic acids is 2. The molecule has 4 heterocycles. The van der Waals surface area contributed by atoms with Crippen LogP contribution in [0.4, 0.5) is 21.6 Å². The minimum Gasteiger partial charge on any atom is -0.379 e. The number of anilines is 3. The number of imidazole rings is 1. The lowest BCUT2D eigenvalue weighted by molar-refractivity contribution is -0.133. The van der Waals surface area contributed by atoms with Gasteiger partial charge in [0.25, 0.3) is 5.91 Å². The predicted octanol–water partition coefficient (Wildman–Crippen LogP) is 2.88. The highest BCUT2D eigenvalue weighted by molar-refractivity contribution is 6.03. The number of aromatic nitrogens is 4. The van der Waals surface area contributed by atoms with Gasteiger partial charge in [0.2, 0.25) is 5.91 Å². The molecule has 12 heteroatoms. The zero-order chi connectivity index (χ0) is 26.8. The number of pyridine rings is 1. The van der Waals surface area contributed by atoms with Crippen LogP contribution in [0.5, 0.6) is 0 Å². The van der Waals surface area contributed by atoms with Gasteiger partial charge >= 0.3 is 0 Å². The lowest BCUT2D eigenvalue weighted by atomic mass is 9.83. The predicted molar refractivity (Wildman–Crippen MR) is 145 cm³/mol. The quantitative estimate of drug-likeness (QED) is 0.347. The minimum atomic E-state index is -0.615. The van der Waals surface area contributed by atoms with Crippen LogP contribution in [0.2, 0.25) is 0 Å². The molecular weight excluding hydrogens is 501 g/mol. The first-order valence-electron chi connectivity index (χ1n) is 13.8. The second-order valence-electron chi connectivity index (χ2n) is 10.7. The van der Waals surface area contributed by atoms with E-state index in [1.54, 1.807) is 0 Å². The van der Waals surface area contributed by atoms with E-state index in [0.717, 1.165) is 76.6 Å². The van der Waals surface area contributed by atoms with Gasteiger partial charge in [0.15, 0.2) is 17.2 Å². The molecule has 3 aromatic rings. The summed E-state index contributed by atoms with van der Waals surface area (Å²) in [6.45, 7) is 3.34. The van der Waals surface area contributed by atoms with Gasteiger partial charge in [-0.2, -0.15) is 0 Å². The molecule has 0 radical (unpaired) electrons. The largest absolute Gasteiger partial charge is 0.379 e. The molecule has 3 aliphatic rings. The smallest absolute Gasteiger partial charge is 0.276 e. The Morgan fingerprint density at radius 1 is 1.00 bits per heavy atom. The van der Waals surface area contributed by atoms with Crippen molar-refractivity contribution < 1.29 is 14.0 Å². The van der Waals surface area contributed by atoms with E-state index >= 15 is 0 Å². The molecule has 3 fully saturated rings. The van der Waals surface area contributed by atoms with Crippen LogP contribution >= 0.6 is 0 Å². The lowest BCUT2D eigenvalue weighted by Crippen LogP contribution is -2.47. The van der Waals surface area contributed by atoms with E-state index in [1.165, 1.54) is 23.0 Å². The van der Waals surface area contributed by atoms with Crippen molar-refractivity contribution in [2.45, 2.75) is 57.0 Å². The van der Waals surface area contributed by atoms with E-state index in [2.05, 4.69) is 31.2 Å². The molecule has 2 aliphatic carbocycles. The maximum atomic E-state index is 14.1. The van der Waals surface area contributed by atoms with E-state index in [0.29, 0.717) is 29.8 Å². The van der Waals surface area contributed by atoms with E-state index in [9.17, 15) is 14.0 Å². The zero-order valence-corrected chi connectivity index (χ0v) is 21.8. The standard InChI is InChI=1S/C27H34FN9O2/c28-20-15-30-8-7-21(20)34-27(39)23-16-31-26-22(32-18-5-6-18)14-24(35-37(23)26)33-19-3-1-17(2-4-19)13-25(38)36-11-9-29-10-12-36/h7-8,14-19,29,32H,1-6,9-13H2,(H,33,35)(H,30,34,39). The number of amides is 2. The van der Waals surface area contributed by atoms with Gasteiger partial charge in [-0.3, -0.25) is 14.6 Å². The van der Waals surface area contributed by atoms with Crippen LogP contribution in [-0.4, -0.2) is 74.6 Å². The molecule has 1 saturated heterocycles. The normalized spacial score (nSPS) is 21.5. The topological polar surface area (TPSA) is 129 Å². The van der Waals surface area contributed by atoms with Crippen molar-refractivity contribution in [3.8, 4) is 0 Å². The Hall–Kier alpha value is -3.80. The molecule has 2 amide bonds. The average molecular weight is 536 g/mol. The highest BCUT2D eigenvalue weighted by Gasteiger charge is 2.28. The van der Waals surface area contributed by atoms with Crippen molar-refractivity contribution >= 4 is 34.7 Å². The molecule has 0 aromatic carbocycles. The molecule has 2 saturated carbocycles. The van der Waals surface area contributed by atoms with Crippen molar-refractivity contribution in [2.24, 2.45) is 5.92 Å². The summed E-state index contributed by atoms with van der Waals surface area (Å²) in [5, 5.41) is 17.6. The van der Waals surface area contributed by atoms with Gasteiger partial charge in [-0.15, -0.1) is 5.10 Å². The number of halogens is 1. The molecule has 206 valence electrons. The first-order chi connectivity index (χ1) is 19.0. The van der Waals surface area contributed by atoms with Crippen LogP contribution in [-0.2, 0) is 4.79 Å². The molecule has 6 rings (SSSR count). The molecule has 4 N–H and O–H groups in total. The number of nitrogens with one attached hydrogen (secondary N) is 4. The van der Waals surface area contributed by atoms with E-state index in [1.807, 2.05) is 11.0 Å². The maximum Gasteiger partial charge on any atom is 0.276 e. The third-order valence-electron chi connectivity index (χ3n) is 7.79. The molecular formula is C27H34FN9O2. The Morgan fingerprint density at radius 3 is 2.49 bits per heavy atom. The van der Waals surface area contributed by atoms with Gasteiger partial charge in [-0.25, -0.2) is 13.9 Å². The minimum absolute atomic E-state index is 0.0442. The Kier molecular flexibility index (Phi) is 7.27. The number of piperazine rings is 1. The number of hydrogen-bond acceptors (Lipinski definition) is 8. The highest BCUT2D eigenvalue weighted by Crippen LogP contribution is 2.32.